The van der Waals surface area contributed by atoms with Gasteiger partial charge in [-0.25, -0.2) is 14.4 Å². The number of anilines is 2. The van der Waals surface area contributed by atoms with Crippen LogP contribution in [0, 0.1) is 0 Å². The van der Waals surface area contributed by atoms with Crippen molar-refractivity contribution in [1.29, 1.82) is 0 Å². The number of alkyl halides is 1. The number of ether oxygens (including phenoxy) is 1. The number of aliphatic hydroxyl groups excluding tert-OH is 1. The van der Waals surface area contributed by atoms with Gasteiger partial charge in [-0.3, -0.25) is 0 Å². The van der Waals surface area contributed by atoms with Crippen molar-refractivity contribution in [2.45, 2.75) is 18.6 Å². The van der Waals surface area contributed by atoms with Gasteiger partial charge in [-0.1, -0.05) is 0 Å². The van der Waals surface area contributed by atoms with Crippen LogP contribution in [0.1, 0.15) is 6.42 Å². The Morgan fingerprint density at radius 3 is 2.80 bits per heavy atom. The zero-order valence-electron chi connectivity index (χ0n) is 11.3. The molecule has 1 aromatic heterocycles. The first-order valence-electron chi connectivity index (χ1n) is 6.94. The third-order valence-corrected chi connectivity index (χ3v) is 3.84. The van der Waals surface area contributed by atoms with E-state index in [1.54, 1.807) is 0 Å². The molecule has 0 spiro atoms. The molecule has 20 heavy (non-hydrogen) atoms. The molecule has 0 aliphatic carbocycles. The first-order valence-corrected chi connectivity index (χ1v) is 6.94. The molecule has 2 fully saturated rings. The van der Waals surface area contributed by atoms with Gasteiger partial charge in [-0.15, -0.1) is 0 Å². The van der Waals surface area contributed by atoms with Crippen LogP contribution in [0.2, 0.25) is 0 Å². The Morgan fingerprint density at radius 1 is 1.30 bits per heavy atom. The highest BCUT2D eigenvalue weighted by molar-refractivity contribution is 5.51. The Bertz CT molecular complexity index is 456. The number of hydrogen-bond acceptors (Lipinski definition) is 6. The van der Waals surface area contributed by atoms with Crippen LogP contribution in [0.5, 0.6) is 0 Å². The van der Waals surface area contributed by atoms with E-state index in [1.807, 2.05) is 11.0 Å². The van der Waals surface area contributed by atoms with Gasteiger partial charge in [-0.2, -0.15) is 0 Å². The lowest BCUT2D eigenvalue weighted by atomic mass is 10.2. The fourth-order valence-electron chi connectivity index (χ4n) is 2.77. The second kappa shape index (κ2) is 5.88. The molecule has 7 heteroatoms. The SMILES string of the molecule is OC[C@@H]1C[C@H](F)CN1c1cc(N2CCOCC2)ncn1. The van der Waals surface area contributed by atoms with Crippen LogP contribution >= 0.6 is 0 Å². The molecular formula is C13H19FN4O2. The molecule has 0 unspecified atom stereocenters. The molecule has 0 aromatic carbocycles. The average Bonchev–Trinajstić information content (AvgIpc) is 2.89. The van der Waals surface area contributed by atoms with E-state index < -0.39 is 6.17 Å². The maximum absolute atomic E-state index is 13.5. The maximum atomic E-state index is 13.5. The van der Waals surface area contributed by atoms with E-state index in [0.717, 1.165) is 18.9 Å². The van der Waals surface area contributed by atoms with E-state index in [1.165, 1.54) is 6.33 Å². The van der Waals surface area contributed by atoms with Gasteiger partial charge in [0, 0.05) is 25.6 Å². The van der Waals surface area contributed by atoms with Crippen LogP contribution in [0.15, 0.2) is 12.4 Å². The Balaban J connectivity index is 1.79. The summed E-state index contributed by atoms with van der Waals surface area (Å²) in [6.07, 6.45) is 0.946. The molecule has 110 valence electrons. The molecule has 6 nitrogen and oxygen atoms in total. The van der Waals surface area contributed by atoms with E-state index in [0.29, 0.717) is 25.5 Å². The normalized spacial score (nSPS) is 27.1. The van der Waals surface area contributed by atoms with Crippen molar-refractivity contribution in [3.05, 3.63) is 12.4 Å². The van der Waals surface area contributed by atoms with E-state index >= 15 is 0 Å². The van der Waals surface area contributed by atoms with Crippen molar-refractivity contribution in [2.24, 2.45) is 0 Å². The van der Waals surface area contributed by atoms with Gasteiger partial charge >= 0.3 is 0 Å². The summed E-state index contributed by atoms with van der Waals surface area (Å²) in [5.41, 5.74) is 0. The van der Waals surface area contributed by atoms with Crippen molar-refractivity contribution >= 4 is 11.6 Å². The number of rotatable bonds is 3. The highest BCUT2D eigenvalue weighted by atomic mass is 19.1. The lowest BCUT2D eigenvalue weighted by Crippen LogP contribution is -2.37. The van der Waals surface area contributed by atoms with Crippen LogP contribution < -0.4 is 9.80 Å². The summed E-state index contributed by atoms with van der Waals surface area (Å²) in [6.45, 7) is 3.20. The molecule has 2 aliphatic rings. The third kappa shape index (κ3) is 2.69. The van der Waals surface area contributed by atoms with Crippen molar-refractivity contribution in [3.8, 4) is 0 Å². The molecule has 2 atom stereocenters. The minimum atomic E-state index is -0.908. The van der Waals surface area contributed by atoms with Crippen molar-refractivity contribution in [3.63, 3.8) is 0 Å². The molecule has 2 aliphatic heterocycles. The molecule has 2 saturated heterocycles. The largest absolute Gasteiger partial charge is 0.394 e. The number of halogens is 1. The van der Waals surface area contributed by atoms with Gasteiger partial charge in [0.15, 0.2) is 0 Å². The zero-order chi connectivity index (χ0) is 13.9. The number of hydrogen-bond donors (Lipinski definition) is 1. The van der Waals surface area contributed by atoms with E-state index in [4.69, 9.17) is 4.74 Å². The minimum absolute atomic E-state index is 0.0582. The standard InChI is InChI=1S/C13H19FN4O2/c14-10-5-11(8-19)18(7-10)13-6-12(15-9-16-13)17-1-3-20-4-2-17/h6,9-11,19H,1-5,7-8H2/t10-,11-/m0/s1. The van der Waals surface area contributed by atoms with Crippen molar-refractivity contribution < 1.29 is 14.2 Å². The smallest absolute Gasteiger partial charge is 0.134 e. The van der Waals surface area contributed by atoms with Gasteiger partial charge in [0.1, 0.15) is 24.1 Å². The predicted molar refractivity (Wildman–Crippen MR) is 72.8 cm³/mol. The average molecular weight is 282 g/mol. The summed E-state index contributed by atoms with van der Waals surface area (Å²) in [7, 11) is 0. The topological polar surface area (TPSA) is 61.7 Å². The lowest BCUT2D eigenvalue weighted by molar-refractivity contribution is 0.122. The van der Waals surface area contributed by atoms with Crippen LogP contribution in [0.4, 0.5) is 16.0 Å². The molecule has 3 rings (SSSR count). The quantitative estimate of drug-likeness (QED) is 0.856. The predicted octanol–water partition coefficient (Wildman–Crippen LogP) is 0.222. The van der Waals surface area contributed by atoms with Gasteiger partial charge in [0.05, 0.1) is 32.4 Å². The third-order valence-electron chi connectivity index (χ3n) is 3.84. The molecule has 3 heterocycles. The van der Waals surface area contributed by atoms with Crippen molar-refractivity contribution in [1.82, 2.24) is 9.97 Å². The highest BCUT2D eigenvalue weighted by Gasteiger charge is 2.32. The second-order valence-electron chi connectivity index (χ2n) is 5.16. The summed E-state index contributed by atoms with van der Waals surface area (Å²) in [5, 5.41) is 9.35. The summed E-state index contributed by atoms with van der Waals surface area (Å²) in [6, 6.07) is 1.67. The first-order chi connectivity index (χ1) is 9.78. The second-order valence-corrected chi connectivity index (χ2v) is 5.16. The molecule has 0 saturated carbocycles. The Labute approximate surface area is 117 Å². The maximum Gasteiger partial charge on any atom is 0.134 e. The van der Waals surface area contributed by atoms with Crippen LogP contribution in [0.3, 0.4) is 0 Å². The first kappa shape index (κ1) is 13.5. The lowest BCUT2D eigenvalue weighted by Gasteiger charge is -2.29. The fourth-order valence-corrected chi connectivity index (χ4v) is 2.77. The Kier molecular flexibility index (Phi) is 3.98. The van der Waals surface area contributed by atoms with Crippen LogP contribution in [-0.2, 0) is 4.74 Å². The fraction of sp³-hybridized carbons (Fsp3) is 0.692. The Morgan fingerprint density at radius 2 is 2.05 bits per heavy atom. The Hall–Kier alpha value is -1.47. The monoisotopic (exact) mass is 282 g/mol. The molecular weight excluding hydrogens is 263 g/mol. The van der Waals surface area contributed by atoms with Gasteiger partial charge in [-0.05, 0) is 0 Å². The molecule has 0 radical (unpaired) electrons. The summed E-state index contributed by atoms with van der Waals surface area (Å²) in [5.74, 6) is 1.51. The van der Waals surface area contributed by atoms with Gasteiger partial charge < -0.3 is 19.6 Å². The number of aromatic nitrogens is 2. The number of aliphatic hydroxyl groups is 1. The van der Waals surface area contributed by atoms with Crippen LogP contribution in [-0.4, -0.2) is 66.7 Å². The van der Waals surface area contributed by atoms with Crippen LogP contribution in [0.25, 0.3) is 0 Å². The van der Waals surface area contributed by atoms with Gasteiger partial charge in [0.25, 0.3) is 0 Å². The van der Waals surface area contributed by atoms with E-state index in [9.17, 15) is 9.50 Å². The molecule has 0 amide bonds. The number of morpholine rings is 1. The zero-order valence-corrected chi connectivity index (χ0v) is 11.3. The number of nitrogens with zero attached hydrogens (tertiary/aromatic N) is 4. The minimum Gasteiger partial charge on any atom is -0.394 e. The molecule has 1 aromatic rings. The molecule has 1 N–H and O–H groups in total. The summed E-state index contributed by atoms with van der Waals surface area (Å²) < 4.78 is 18.9. The summed E-state index contributed by atoms with van der Waals surface area (Å²) in [4.78, 5) is 12.5. The van der Waals surface area contributed by atoms with Gasteiger partial charge in [0.2, 0.25) is 0 Å². The van der Waals surface area contributed by atoms with Crippen molar-refractivity contribution in [2.75, 3.05) is 49.3 Å². The highest BCUT2D eigenvalue weighted by Crippen LogP contribution is 2.27. The van der Waals surface area contributed by atoms with E-state index in [-0.39, 0.29) is 19.2 Å². The summed E-state index contributed by atoms with van der Waals surface area (Å²) >= 11 is 0. The van der Waals surface area contributed by atoms with E-state index in [2.05, 4.69) is 14.9 Å². The molecule has 0 bridgehead atoms.